The van der Waals surface area contributed by atoms with Gasteiger partial charge < -0.3 is 14.2 Å². The molecule has 6 nitrogen and oxygen atoms in total. The highest BCUT2D eigenvalue weighted by Crippen LogP contribution is 2.53. The Morgan fingerprint density at radius 1 is 1.25 bits per heavy atom. The van der Waals surface area contributed by atoms with Gasteiger partial charge in [0.05, 0.1) is 0 Å². The molecule has 1 aromatic carbocycles. The molecular formula is C22H27N3O3. The average molecular weight is 381 g/mol. The van der Waals surface area contributed by atoms with E-state index in [9.17, 15) is 9.59 Å². The monoisotopic (exact) mass is 381 g/mol. The van der Waals surface area contributed by atoms with Crippen LogP contribution in [0.5, 0.6) is 0 Å². The summed E-state index contributed by atoms with van der Waals surface area (Å²) < 4.78 is 5.62. The first-order valence-corrected chi connectivity index (χ1v) is 9.79. The second-order valence-corrected chi connectivity index (χ2v) is 8.83. The first kappa shape index (κ1) is 18.7. The number of fused-ring (bicyclic) bond motifs is 1. The normalized spacial score (nSPS) is 23.4. The lowest BCUT2D eigenvalue weighted by Crippen LogP contribution is -2.42. The standard InChI is InChI=1S/C22H27N3O3/c1-22(2,15-8-6-5-7-9-15)11-17(26)25-12-14-10-16(25)18(14)20-19(23-13-28-20)21(27)24(3)4/h5-9,13-14,16,18H,10-12H2,1-4H3. The van der Waals surface area contributed by atoms with E-state index in [-0.39, 0.29) is 29.2 Å². The largest absolute Gasteiger partial charge is 0.447 e. The molecule has 0 spiro atoms. The van der Waals surface area contributed by atoms with Crippen molar-refractivity contribution in [3.63, 3.8) is 0 Å². The Kier molecular flexibility index (Phi) is 4.52. The maximum Gasteiger partial charge on any atom is 0.275 e. The molecule has 3 heterocycles. The molecule has 3 fully saturated rings. The third kappa shape index (κ3) is 3.01. The summed E-state index contributed by atoms with van der Waals surface area (Å²) in [5.74, 6) is 1.07. The molecule has 1 saturated carbocycles. The van der Waals surface area contributed by atoms with Crippen molar-refractivity contribution in [2.75, 3.05) is 20.6 Å². The fourth-order valence-electron chi connectivity index (χ4n) is 4.63. The average Bonchev–Trinajstić information content (AvgIpc) is 3.36. The summed E-state index contributed by atoms with van der Waals surface area (Å²) in [4.78, 5) is 33.1. The lowest BCUT2D eigenvalue weighted by molar-refractivity contribution is -0.132. The number of hydrogen-bond donors (Lipinski definition) is 0. The molecule has 28 heavy (non-hydrogen) atoms. The maximum absolute atomic E-state index is 13.1. The molecule has 2 amide bonds. The van der Waals surface area contributed by atoms with Crippen LogP contribution in [0.4, 0.5) is 0 Å². The summed E-state index contributed by atoms with van der Waals surface area (Å²) in [6, 6.07) is 10.3. The highest BCUT2D eigenvalue weighted by Gasteiger charge is 2.56. The van der Waals surface area contributed by atoms with Gasteiger partial charge in [-0.15, -0.1) is 0 Å². The van der Waals surface area contributed by atoms with Crippen molar-refractivity contribution in [1.29, 1.82) is 0 Å². The third-order valence-electron chi connectivity index (χ3n) is 6.27. The molecule has 1 aliphatic carbocycles. The van der Waals surface area contributed by atoms with Crippen LogP contribution in [0.25, 0.3) is 0 Å². The molecule has 3 unspecified atom stereocenters. The lowest BCUT2D eigenvalue weighted by Gasteiger charge is -2.36. The maximum atomic E-state index is 13.1. The third-order valence-corrected chi connectivity index (χ3v) is 6.27. The van der Waals surface area contributed by atoms with Crippen molar-refractivity contribution in [2.24, 2.45) is 5.92 Å². The van der Waals surface area contributed by atoms with Crippen molar-refractivity contribution in [1.82, 2.24) is 14.8 Å². The Morgan fingerprint density at radius 2 is 1.96 bits per heavy atom. The van der Waals surface area contributed by atoms with E-state index in [4.69, 9.17) is 4.42 Å². The Balaban J connectivity index is 1.49. The molecule has 3 atom stereocenters. The molecular weight excluding hydrogens is 354 g/mol. The summed E-state index contributed by atoms with van der Waals surface area (Å²) in [5.41, 5.74) is 1.32. The van der Waals surface area contributed by atoms with Crippen LogP contribution in [0.3, 0.4) is 0 Å². The van der Waals surface area contributed by atoms with Crippen molar-refractivity contribution < 1.29 is 14.0 Å². The number of carbonyl (C=O) groups is 2. The number of benzene rings is 1. The summed E-state index contributed by atoms with van der Waals surface area (Å²) in [6.45, 7) is 4.96. The zero-order chi connectivity index (χ0) is 20.1. The van der Waals surface area contributed by atoms with Crippen LogP contribution in [-0.2, 0) is 10.2 Å². The van der Waals surface area contributed by atoms with Crippen molar-refractivity contribution in [2.45, 2.75) is 44.1 Å². The topological polar surface area (TPSA) is 66.7 Å². The Morgan fingerprint density at radius 3 is 2.64 bits per heavy atom. The molecule has 2 saturated heterocycles. The van der Waals surface area contributed by atoms with Gasteiger partial charge in [-0.3, -0.25) is 9.59 Å². The van der Waals surface area contributed by atoms with Crippen LogP contribution >= 0.6 is 0 Å². The lowest BCUT2D eigenvalue weighted by atomic mass is 9.72. The van der Waals surface area contributed by atoms with Crippen LogP contribution in [0.15, 0.2) is 41.1 Å². The molecule has 2 aliphatic heterocycles. The van der Waals surface area contributed by atoms with Crippen LogP contribution < -0.4 is 0 Å². The molecule has 148 valence electrons. The molecule has 0 N–H and O–H groups in total. The van der Waals surface area contributed by atoms with E-state index >= 15 is 0 Å². The summed E-state index contributed by atoms with van der Waals surface area (Å²) in [6.07, 6.45) is 2.78. The van der Waals surface area contributed by atoms with Gasteiger partial charge >= 0.3 is 0 Å². The summed E-state index contributed by atoms with van der Waals surface area (Å²) in [5, 5.41) is 0. The molecule has 0 radical (unpaired) electrons. The van der Waals surface area contributed by atoms with Crippen LogP contribution in [0.1, 0.15) is 54.4 Å². The quantitative estimate of drug-likeness (QED) is 0.798. The van der Waals surface area contributed by atoms with E-state index in [1.165, 1.54) is 16.9 Å². The number of amides is 2. The highest BCUT2D eigenvalue weighted by molar-refractivity contribution is 5.93. The minimum atomic E-state index is -0.223. The number of aromatic nitrogens is 1. The van der Waals surface area contributed by atoms with Gasteiger partial charge in [0.15, 0.2) is 12.1 Å². The zero-order valence-corrected chi connectivity index (χ0v) is 16.9. The first-order chi connectivity index (χ1) is 13.3. The minimum absolute atomic E-state index is 0.0742. The van der Waals surface area contributed by atoms with Crippen LogP contribution in [-0.4, -0.2) is 53.3 Å². The predicted octanol–water partition coefficient (Wildman–Crippen LogP) is 3.06. The molecule has 2 aromatic rings. The van der Waals surface area contributed by atoms with Crippen LogP contribution in [0, 0.1) is 5.92 Å². The van der Waals surface area contributed by atoms with Gasteiger partial charge in [-0.2, -0.15) is 0 Å². The Labute approximate surface area is 165 Å². The smallest absolute Gasteiger partial charge is 0.275 e. The zero-order valence-electron chi connectivity index (χ0n) is 16.9. The molecule has 1 aromatic heterocycles. The van der Waals surface area contributed by atoms with E-state index in [1.807, 2.05) is 23.1 Å². The number of rotatable bonds is 5. The fourth-order valence-corrected chi connectivity index (χ4v) is 4.63. The molecule has 6 heteroatoms. The van der Waals surface area contributed by atoms with Crippen molar-refractivity contribution in [3.05, 3.63) is 53.7 Å². The van der Waals surface area contributed by atoms with E-state index in [0.717, 1.165) is 13.0 Å². The van der Waals surface area contributed by atoms with E-state index < -0.39 is 0 Å². The van der Waals surface area contributed by atoms with Gasteiger partial charge in [0.1, 0.15) is 5.76 Å². The fraction of sp³-hybridized carbons (Fsp3) is 0.500. The summed E-state index contributed by atoms with van der Waals surface area (Å²) in [7, 11) is 3.41. The van der Waals surface area contributed by atoms with Crippen LogP contribution in [0.2, 0.25) is 0 Å². The van der Waals surface area contributed by atoms with E-state index in [0.29, 0.717) is 23.8 Å². The predicted molar refractivity (Wildman–Crippen MR) is 105 cm³/mol. The molecule has 3 aliphatic rings. The highest BCUT2D eigenvalue weighted by atomic mass is 16.3. The number of nitrogens with zero attached hydrogens (tertiary/aromatic N) is 3. The van der Waals surface area contributed by atoms with Gasteiger partial charge in [-0.25, -0.2) is 4.98 Å². The number of oxazole rings is 1. The van der Waals surface area contributed by atoms with E-state index in [2.05, 4.69) is 31.0 Å². The Hall–Kier alpha value is -2.63. The second-order valence-electron chi connectivity index (χ2n) is 8.83. The SMILES string of the molecule is CN(C)C(=O)c1ncoc1C1C2CC1N(C(=O)CC(C)(C)c1ccccc1)C2. The van der Waals surface area contributed by atoms with Gasteiger partial charge in [0.25, 0.3) is 5.91 Å². The number of carbonyl (C=O) groups excluding carboxylic acids is 2. The van der Waals surface area contributed by atoms with E-state index in [1.54, 1.807) is 14.1 Å². The minimum Gasteiger partial charge on any atom is -0.447 e. The van der Waals surface area contributed by atoms with Gasteiger partial charge in [0.2, 0.25) is 5.91 Å². The molecule has 5 rings (SSSR count). The van der Waals surface area contributed by atoms with Gasteiger partial charge in [-0.1, -0.05) is 44.2 Å². The summed E-state index contributed by atoms with van der Waals surface area (Å²) >= 11 is 0. The second kappa shape index (κ2) is 6.76. The van der Waals surface area contributed by atoms with Gasteiger partial charge in [-0.05, 0) is 23.3 Å². The van der Waals surface area contributed by atoms with Crippen molar-refractivity contribution in [3.8, 4) is 0 Å². The first-order valence-electron chi connectivity index (χ1n) is 9.79. The number of hydrogen-bond acceptors (Lipinski definition) is 4. The van der Waals surface area contributed by atoms with Gasteiger partial charge in [0, 0.05) is 39.0 Å². The van der Waals surface area contributed by atoms with Crippen molar-refractivity contribution >= 4 is 11.8 Å². The Bertz CT molecular complexity index is 887. The molecule has 2 bridgehead atoms.